The van der Waals surface area contributed by atoms with Crippen molar-refractivity contribution in [1.82, 2.24) is 24.3 Å². The van der Waals surface area contributed by atoms with Gasteiger partial charge < -0.3 is 9.47 Å². The van der Waals surface area contributed by atoms with Crippen molar-refractivity contribution < 1.29 is 4.79 Å². The molecule has 0 bridgehead atoms. The Kier molecular flexibility index (Phi) is 4.78. The minimum absolute atomic E-state index is 0.335. The number of hydrogen-bond acceptors (Lipinski definition) is 4. The SMILES string of the molecule is CC1CN(CCN2CCCC2=O)CCN1Cc1nccn1C. The quantitative estimate of drug-likeness (QED) is 0.797. The lowest BCUT2D eigenvalue weighted by molar-refractivity contribution is -0.127. The molecule has 2 aliphatic heterocycles. The summed E-state index contributed by atoms with van der Waals surface area (Å²) in [5.41, 5.74) is 0. The zero-order valence-electron chi connectivity index (χ0n) is 13.7. The maximum Gasteiger partial charge on any atom is 0.222 e. The van der Waals surface area contributed by atoms with E-state index in [2.05, 4.69) is 33.3 Å². The largest absolute Gasteiger partial charge is 0.341 e. The maximum absolute atomic E-state index is 11.7. The van der Waals surface area contributed by atoms with Crippen molar-refractivity contribution in [3.05, 3.63) is 18.2 Å². The third kappa shape index (κ3) is 3.50. The average molecular weight is 305 g/mol. The van der Waals surface area contributed by atoms with Gasteiger partial charge in [-0.3, -0.25) is 14.6 Å². The molecule has 1 amide bonds. The molecule has 2 saturated heterocycles. The molecule has 1 aromatic heterocycles. The number of imidazole rings is 1. The molecule has 0 saturated carbocycles. The summed E-state index contributed by atoms with van der Waals surface area (Å²) in [7, 11) is 2.05. The van der Waals surface area contributed by atoms with Gasteiger partial charge in [-0.2, -0.15) is 0 Å². The van der Waals surface area contributed by atoms with E-state index in [9.17, 15) is 4.79 Å². The van der Waals surface area contributed by atoms with Gasteiger partial charge in [0, 0.05) is 71.2 Å². The molecule has 3 heterocycles. The number of aromatic nitrogens is 2. The first-order valence-electron chi connectivity index (χ1n) is 8.34. The Hall–Kier alpha value is -1.40. The van der Waals surface area contributed by atoms with Crippen molar-refractivity contribution in [1.29, 1.82) is 0 Å². The normalized spacial score (nSPS) is 24.4. The molecule has 3 rings (SSSR count). The topological polar surface area (TPSA) is 44.6 Å². The molecular weight excluding hydrogens is 278 g/mol. The van der Waals surface area contributed by atoms with Crippen molar-refractivity contribution in [3.63, 3.8) is 0 Å². The van der Waals surface area contributed by atoms with E-state index < -0.39 is 0 Å². The molecular formula is C16H27N5O. The Morgan fingerprint density at radius 3 is 2.77 bits per heavy atom. The number of hydrogen-bond donors (Lipinski definition) is 0. The van der Waals surface area contributed by atoms with Gasteiger partial charge in [0.1, 0.15) is 5.82 Å². The summed E-state index contributed by atoms with van der Waals surface area (Å²) in [6.07, 6.45) is 5.65. The van der Waals surface area contributed by atoms with Crippen molar-refractivity contribution in [2.24, 2.45) is 7.05 Å². The molecule has 0 aromatic carbocycles. The smallest absolute Gasteiger partial charge is 0.222 e. The van der Waals surface area contributed by atoms with Crippen LogP contribution >= 0.6 is 0 Å². The molecule has 6 heteroatoms. The minimum Gasteiger partial charge on any atom is -0.341 e. The van der Waals surface area contributed by atoms with Crippen LogP contribution in [0.1, 0.15) is 25.6 Å². The third-order valence-electron chi connectivity index (χ3n) is 4.97. The number of likely N-dealkylation sites (tertiary alicyclic amines) is 1. The highest BCUT2D eigenvalue weighted by atomic mass is 16.2. The summed E-state index contributed by atoms with van der Waals surface area (Å²) in [4.78, 5) is 23.1. The van der Waals surface area contributed by atoms with E-state index in [1.54, 1.807) is 0 Å². The third-order valence-corrected chi connectivity index (χ3v) is 4.97. The molecule has 1 unspecified atom stereocenters. The van der Waals surface area contributed by atoms with E-state index in [0.29, 0.717) is 11.9 Å². The highest BCUT2D eigenvalue weighted by molar-refractivity contribution is 5.78. The van der Waals surface area contributed by atoms with Crippen molar-refractivity contribution in [2.45, 2.75) is 32.4 Å². The number of aryl methyl sites for hydroxylation is 1. The van der Waals surface area contributed by atoms with Gasteiger partial charge in [0.25, 0.3) is 0 Å². The second kappa shape index (κ2) is 6.79. The number of nitrogens with zero attached hydrogens (tertiary/aromatic N) is 5. The predicted octanol–water partition coefficient (Wildman–Crippen LogP) is 0.549. The van der Waals surface area contributed by atoms with Gasteiger partial charge in [0.05, 0.1) is 6.54 Å². The number of carbonyl (C=O) groups excluding carboxylic acids is 1. The standard InChI is InChI=1S/C16H27N5O/c1-14-12-19(8-10-20-6-3-4-16(20)22)9-11-21(14)13-15-17-5-7-18(15)2/h5,7,14H,3-4,6,8-13H2,1-2H3. The molecule has 2 aliphatic rings. The van der Waals surface area contributed by atoms with Crippen molar-refractivity contribution in [3.8, 4) is 0 Å². The van der Waals surface area contributed by atoms with E-state index in [1.165, 1.54) is 0 Å². The fraction of sp³-hybridized carbons (Fsp3) is 0.750. The number of carbonyl (C=O) groups is 1. The maximum atomic E-state index is 11.7. The Balaban J connectivity index is 1.45. The van der Waals surface area contributed by atoms with Crippen LogP contribution in [-0.2, 0) is 18.4 Å². The second-order valence-electron chi connectivity index (χ2n) is 6.56. The monoisotopic (exact) mass is 305 g/mol. The fourth-order valence-corrected chi connectivity index (χ4v) is 3.44. The summed E-state index contributed by atoms with van der Waals surface area (Å²) in [5.74, 6) is 1.46. The lowest BCUT2D eigenvalue weighted by atomic mass is 10.2. The fourth-order valence-electron chi connectivity index (χ4n) is 3.44. The van der Waals surface area contributed by atoms with Gasteiger partial charge in [-0.25, -0.2) is 4.98 Å². The first kappa shape index (κ1) is 15.5. The minimum atomic E-state index is 0.335. The summed E-state index contributed by atoms with van der Waals surface area (Å²) in [6, 6.07) is 0.528. The zero-order chi connectivity index (χ0) is 15.5. The lowest BCUT2D eigenvalue weighted by Gasteiger charge is -2.40. The molecule has 0 spiro atoms. The first-order chi connectivity index (χ1) is 10.6. The number of amides is 1. The highest BCUT2D eigenvalue weighted by Crippen LogP contribution is 2.14. The predicted molar refractivity (Wildman–Crippen MR) is 85.3 cm³/mol. The summed E-state index contributed by atoms with van der Waals surface area (Å²) in [6.45, 7) is 9.29. The van der Waals surface area contributed by atoms with E-state index in [-0.39, 0.29) is 0 Å². The van der Waals surface area contributed by atoms with Gasteiger partial charge in [0.2, 0.25) is 5.91 Å². The molecule has 122 valence electrons. The number of piperazine rings is 1. The van der Waals surface area contributed by atoms with Crippen LogP contribution in [0, 0.1) is 0 Å². The van der Waals surface area contributed by atoms with Gasteiger partial charge in [-0.05, 0) is 13.3 Å². The second-order valence-corrected chi connectivity index (χ2v) is 6.56. The van der Waals surface area contributed by atoms with E-state index >= 15 is 0 Å². The molecule has 6 nitrogen and oxygen atoms in total. The first-order valence-corrected chi connectivity index (χ1v) is 8.34. The van der Waals surface area contributed by atoms with Crippen molar-refractivity contribution in [2.75, 3.05) is 39.3 Å². The van der Waals surface area contributed by atoms with Crippen LogP contribution in [0.15, 0.2) is 12.4 Å². The highest BCUT2D eigenvalue weighted by Gasteiger charge is 2.26. The lowest BCUT2D eigenvalue weighted by Crippen LogP contribution is -2.53. The van der Waals surface area contributed by atoms with Crippen LogP contribution in [0.5, 0.6) is 0 Å². The summed E-state index contributed by atoms with van der Waals surface area (Å²) < 4.78 is 2.10. The van der Waals surface area contributed by atoms with Crippen LogP contribution in [-0.4, -0.2) is 75.5 Å². The van der Waals surface area contributed by atoms with Crippen LogP contribution in [0.25, 0.3) is 0 Å². The van der Waals surface area contributed by atoms with Crippen molar-refractivity contribution >= 4 is 5.91 Å². The summed E-state index contributed by atoms with van der Waals surface area (Å²) >= 11 is 0. The Morgan fingerprint density at radius 1 is 1.27 bits per heavy atom. The zero-order valence-corrected chi connectivity index (χ0v) is 13.7. The van der Waals surface area contributed by atoms with Gasteiger partial charge >= 0.3 is 0 Å². The Labute approximate surface area is 132 Å². The Morgan fingerprint density at radius 2 is 2.14 bits per heavy atom. The van der Waals surface area contributed by atoms with E-state index in [4.69, 9.17) is 0 Å². The Bertz CT molecular complexity index is 514. The van der Waals surface area contributed by atoms with Crippen LogP contribution < -0.4 is 0 Å². The molecule has 0 radical (unpaired) electrons. The van der Waals surface area contributed by atoms with E-state index in [0.717, 1.165) is 64.5 Å². The number of rotatable bonds is 5. The van der Waals surface area contributed by atoms with Gasteiger partial charge in [-0.15, -0.1) is 0 Å². The van der Waals surface area contributed by atoms with Crippen LogP contribution in [0.3, 0.4) is 0 Å². The molecule has 22 heavy (non-hydrogen) atoms. The van der Waals surface area contributed by atoms with Crippen LogP contribution in [0.2, 0.25) is 0 Å². The molecule has 1 aromatic rings. The van der Waals surface area contributed by atoms with E-state index in [1.807, 2.05) is 17.3 Å². The average Bonchev–Trinajstić information content (AvgIpc) is 3.08. The molecule has 2 fully saturated rings. The summed E-state index contributed by atoms with van der Waals surface area (Å²) in [5, 5.41) is 0. The molecule has 0 aliphatic carbocycles. The molecule has 0 N–H and O–H groups in total. The van der Waals surface area contributed by atoms with Crippen LogP contribution in [0.4, 0.5) is 0 Å². The van der Waals surface area contributed by atoms with Gasteiger partial charge in [0.15, 0.2) is 0 Å². The molecule has 1 atom stereocenters. The van der Waals surface area contributed by atoms with Gasteiger partial charge in [-0.1, -0.05) is 0 Å².